The van der Waals surface area contributed by atoms with Crippen molar-refractivity contribution in [2.75, 3.05) is 5.32 Å². The molecular formula is C15H11Cl2FN2. The Labute approximate surface area is 126 Å². The van der Waals surface area contributed by atoms with Gasteiger partial charge in [0, 0.05) is 0 Å². The molecule has 2 rings (SSSR count). The minimum atomic E-state index is -0.498. The highest BCUT2D eigenvalue weighted by atomic mass is 35.5. The lowest BCUT2D eigenvalue weighted by Gasteiger charge is -2.19. The molecule has 0 aliphatic carbocycles. The van der Waals surface area contributed by atoms with Crippen LogP contribution in [-0.2, 0) is 0 Å². The summed E-state index contributed by atoms with van der Waals surface area (Å²) in [6.07, 6.45) is 0.244. The van der Waals surface area contributed by atoms with E-state index in [1.807, 2.05) is 30.3 Å². The molecule has 20 heavy (non-hydrogen) atoms. The summed E-state index contributed by atoms with van der Waals surface area (Å²) >= 11 is 12.0. The number of nitrogens with one attached hydrogen (secondary N) is 1. The van der Waals surface area contributed by atoms with Crippen molar-refractivity contribution in [3.63, 3.8) is 0 Å². The predicted molar refractivity (Wildman–Crippen MR) is 79.5 cm³/mol. The van der Waals surface area contributed by atoms with Gasteiger partial charge in [0.15, 0.2) is 0 Å². The van der Waals surface area contributed by atoms with Gasteiger partial charge in [-0.25, -0.2) is 4.39 Å². The molecule has 0 heterocycles. The van der Waals surface area contributed by atoms with Gasteiger partial charge in [-0.2, -0.15) is 5.26 Å². The van der Waals surface area contributed by atoms with Crippen molar-refractivity contribution in [1.82, 2.24) is 0 Å². The zero-order valence-corrected chi connectivity index (χ0v) is 11.9. The van der Waals surface area contributed by atoms with Gasteiger partial charge in [0.05, 0.1) is 34.3 Å². The van der Waals surface area contributed by atoms with Crippen LogP contribution >= 0.6 is 23.2 Å². The molecule has 1 unspecified atom stereocenters. The number of halogens is 3. The molecule has 1 atom stereocenters. The highest BCUT2D eigenvalue weighted by molar-refractivity contribution is 6.39. The van der Waals surface area contributed by atoms with Crippen LogP contribution in [0.4, 0.5) is 10.1 Å². The molecule has 0 aliphatic heterocycles. The first-order valence-corrected chi connectivity index (χ1v) is 6.70. The van der Waals surface area contributed by atoms with Crippen LogP contribution in [0.2, 0.25) is 10.0 Å². The van der Waals surface area contributed by atoms with E-state index in [0.717, 1.165) is 5.56 Å². The monoisotopic (exact) mass is 308 g/mol. The van der Waals surface area contributed by atoms with Gasteiger partial charge < -0.3 is 5.32 Å². The smallest absolute Gasteiger partial charge is 0.126 e. The Morgan fingerprint density at radius 2 is 1.75 bits per heavy atom. The second-order valence-corrected chi connectivity index (χ2v) is 5.03. The maximum atomic E-state index is 13.2. The van der Waals surface area contributed by atoms with Gasteiger partial charge in [-0.05, 0) is 17.7 Å². The first kappa shape index (κ1) is 14.6. The van der Waals surface area contributed by atoms with Crippen LogP contribution in [0.1, 0.15) is 18.0 Å². The van der Waals surface area contributed by atoms with Crippen molar-refractivity contribution in [1.29, 1.82) is 5.26 Å². The van der Waals surface area contributed by atoms with Crippen molar-refractivity contribution in [2.45, 2.75) is 12.5 Å². The number of nitriles is 1. The van der Waals surface area contributed by atoms with E-state index >= 15 is 0 Å². The quantitative estimate of drug-likeness (QED) is 0.842. The zero-order valence-electron chi connectivity index (χ0n) is 10.4. The molecule has 102 valence electrons. The fraction of sp³-hybridized carbons (Fsp3) is 0.133. The number of benzene rings is 2. The van der Waals surface area contributed by atoms with Crippen molar-refractivity contribution in [2.24, 2.45) is 0 Å². The maximum Gasteiger partial charge on any atom is 0.126 e. The highest BCUT2D eigenvalue weighted by Crippen LogP contribution is 2.34. The fourth-order valence-corrected chi connectivity index (χ4v) is 2.45. The molecule has 1 N–H and O–H groups in total. The van der Waals surface area contributed by atoms with Crippen LogP contribution in [0.25, 0.3) is 0 Å². The van der Waals surface area contributed by atoms with Crippen LogP contribution in [0, 0.1) is 17.1 Å². The molecule has 0 aliphatic rings. The summed E-state index contributed by atoms with van der Waals surface area (Å²) < 4.78 is 13.2. The number of anilines is 1. The molecule has 2 nitrogen and oxygen atoms in total. The molecule has 5 heteroatoms. The molecule has 0 fully saturated rings. The van der Waals surface area contributed by atoms with E-state index in [2.05, 4.69) is 11.4 Å². The summed E-state index contributed by atoms with van der Waals surface area (Å²) in [5.74, 6) is -0.498. The molecule has 0 saturated heterocycles. The van der Waals surface area contributed by atoms with Gasteiger partial charge >= 0.3 is 0 Å². The second-order valence-electron chi connectivity index (χ2n) is 4.21. The third-order valence-corrected chi connectivity index (χ3v) is 3.42. The van der Waals surface area contributed by atoms with Gasteiger partial charge in [0.2, 0.25) is 0 Å². The standard InChI is InChI=1S/C15H11Cl2FN2/c16-12-8-11(18)9-13(17)15(12)20-14(6-7-19)10-4-2-1-3-5-10/h1-5,8-9,14,20H,6H2. The average Bonchev–Trinajstić information content (AvgIpc) is 2.42. The lowest BCUT2D eigenvalue weighted by molar-refractivity contribution is 0.628. The topological polar surface area (TPSA) is 35.8 Å². The molecular weight excluding hydrogens is 298 g/mol. The van der Waals surface area contributed by atoms with Crippen LogP contribution in [0.15, 0.2) is 42.5 Å². The summed E-state index contributed by atoms with van der Waals surface area (Å²) in [4.78, 5) is 0. The predicted octanol–water partition coefficient (Wildman–Crippen LogP) is 5.20. The molecule has 0 amide bonds. The first-order chi connectivity index (χ1) is 9.61. The van der Waals surface area contributed by atoms with Crippen LogP contribution in [0.3, 0.4) is 0 Å². The van der Waals surface area contributed by atoms with Crippen molar-refractivity contribution >= 4 is 28.9 Å². The van der Waals surface area contributed by atoms with E-state index in [1.165, 1.54) is 12.1 Å². The van der Waals surface area contributed by atoms with Crippen LogP contribution in [0.5, 0.6) is 0 Å². The lowest BCUT2D eigenvalue weighted by atomic mass is 10.0. The lowest BCUT2D eigenvalue weighted by Crippen LogP contribution is -2.11. The number of hydrogen-bond donors (Lipinski definition) is 1. The maximum absolute atomic E-state index is 13.2. The molecule has 0 aromatic heterocycles. The van der Waals surface area contributed by atoms with Gasteiger partial charge in [0.1, 0.15) is 5.82 Å². The number of hydrogen-bond acceptors (Lipinski definition) is 2. The summed E-state index contributed by atoms with van der Waals surface area (Å²) in [7, 11) is 0. The van der Waals surface area contributed by atoms with Gasteiger partial charge in [-0.3, -0.25) is 0 Å². The van der Waals surface area contributed by atoms with E-state index in [-0.39, 0.29) is 22.5 Å². The summed E-state index contributed by atoms with van der Waals surface area (Å²) in [5.41, 5.74) is 1.37. The minimum absolute atomic E-state index is 0.189. The zero-order chi connectivity index (χ0) is 14.5. The van der Waals surface area contributed by atoms with Crippen molar-refractivity contribution in [3.8, 4) is 6.07 Å². The molecule has 2 aromatic carbocycles. The molecule has 0 bridgehead atoms. The van der Waals surface area contributed by atoms with Gasteiger partial charge in [-0.15, -0.1) is 0 Å². The van der Waals surface area contributed by atoms with E-state index in [9.17, 15) is 4.39 Å². The van der Waals surface area contributed by atoms with Gasteiger partial charge in [0.25, 0.3) is 0 Å². The Balaban J connectivity index is 2.33. The van der Waals surface area contributed by atoms with E-state index < -0.39 is 5.82 Å². The third-order valence-electron chi connectivity index (χ3n) is 2.82. The summed E-state index contributed by atoms with van der Waals surface area (Å²) in [6, 6.07) is 13.7. The molecule has 2 aromatic rings. The molecule has 0 radical (unpaired) electrons. The minimum Gasteiger partial charge on any atom is -0.375 e. The first-order valence-electron chi connectivity index (χ1n) is 5.95. The number of nitrogens with zero attached hydrogens (tertiary/aromatic N) is 1. The molecule has 0 spiro atoms. The Bertz CT molecular complexity index is 615. The Morgan fingerprint density at radius 3 is 2.30 bits per heavy atom. The van der Waals surface area contributed by atoms with E-state index in [4.69, 9.17) is 28.5 Å². The van der Waals surface area contributed by atoms with Gasteiger partial charge in [-0.1, -0.05) is 53.5 Å². The Hall–Kier alpha value is -1.76. The average molecular weight is 309 g/mol. The number of rotatable bonds is 4. The van der Waals surface area contributed by atoms with E-state index in [0.29, 0.717) is 5.69 Å². The van der Waals surface area contributed by atoms with Crippen molar-refractivity contribution < 1.29 is 4.39 Å². The third kappa shape index (κ3) is 3.41. The molecule has 0 saturated carbocycles. The largest absolute Gasteiger partial charge is 0.375 e. The fourth-order valence-electron chi connectivity index (χ4n) is 1.88. The van der Waals surface area contributed by atoms with E-state index in [1.54, 1.807) is 0 Å². The van der Waals surface area contributed by atoms with Crippen molar-refractivity contribution in [3.05, 3.63) is 63.9 Å². The summed E-state index contributed by atoms with van der Waals surface area (Å²) in [5, 5.41) is 12.4. The second kappa shape index (κ2) is 6.60. The normalized spacial score (nSPS) is 11.7. The summed E-state index contributed by atoms with van der Waals surface area (Å²) in [6.45, 7) is 0. The SMILES string of the molecule is N#CCC(Nc1c(Cl)cc(F)cc1Cl)c1ccccc1. The van der Waals surface area contributed by atoms with Crippen LogP contribution in [-0.4, -0.2) is 0 Å². The Morgan fingerprint density at radius 1 is 1.15 bits per heavy atom. The van der Waals surface area contributed by atoms with Crippen LogP contribution < -0.4 is 5.32 Å². The Kier molecular flexibility index (Phi) is 4.84. The highest BCUT2D eigenvalue weighted by Gasteiger charge is 2.15.